The minimum Gasteiger partial charge on any atom is -0.508 e. The van der Waals surface area contributed by atoms with Crippen LogP contribution in [0.1, 0.15) is 15.9 Å². The van der Waals surface area contributed by atoms with Crippen molar-refractivity contribution in [3.63, 3.8) is 0 Å². The lowest BCUT2D eigenvalue weighted by atomic mass is 10.1. The number of aryl methyl sites for hydroxylation is 1. The zero-order valence-electron chi connectivity index (χ0n) is 10.1. The number of rotatable bonds is 2. The quantitative estimate of drug-likeness (QED) is 0.881. The summed E-state index contributed by atoms with van der Waals surface area (Å²) >= 11 is 3.18. The van der Waals surface area contributed by atoms with Crippen molar-refractivity contribution in [3.8, 4) is 5.75 Å². The standard InChI is InChI=1S/C14H11BrFNO2/c1-8-7-9(18)5-6-10(8)14(19)17-13-11(15)3-2-4-12(13)16/h2-7,18H,1H3,(H,17,19). The van der Waals surface area contributed by atoms with E-state index in [0.717, 1.165) is 0 Å². The van der Waals surface area contributed by atoms with Crippen LogP contribution in [0.15, 0.2) is 40.9 Å². The molecule has 0 bridgehead atoms. The van der Waals surface area contributed by atoms with Gasteiger partial charge in [-0.05, 0) is 58.7 Å². The largest absolute Gasteiger partial charge is 0.508 e. The number of para-hydroxylation sites is 1. The number of carbonyl (C=O) groups excluding carboxylic acids is 1. The van der Waals surface area contributed by atoms with Crippen LogP contribution in [0.5, 0.6) is 5.75 Å². The van der Waals surface area contributed by atoms with Gasteiger partial charge >= 0.3 is 0 Å². The van der Waals surface area contributed by atoms with Crippen LogP contribution in [0.25, 0.3) is 0 Å². The predicted molar refractivity (Wildman–Crippen MR) is 74.9 cm³/mol. The summed E-state index contributed by atoms with van der Waals surface area (Å²) in [5, 5.41) is 11.8. The lowest BCUT2D eigenvalue weighted by Gasteiger charge is -2.10. The highest BCUT2D eigenvalue weighted by Crippen LogP contribution is 2.26. The average molecular weight is 324 g/mol. The Labute approximate surface area is 118 Å². The highest BCUT2D eigenvalue weighted by molar-refractivity contribution is 9.10. The Kier molecular flexibility index (Phi) is 3.85. The Morgan fingerprint density at radius 2 is 2.05 bits per heavy atom. The monoisotopic (exact) mass is 323 g/mol. The summed E-state index contributed by atoms with van der Waals surface area (Å²) in [4.78, 5) is 12.1. The minimum atomic E-state index is -0.515. The highest BCUT2D eigenvalue weighted by Gasteiger charge is 2.14. The number of phenolic OH excluding ortho intramolecular Hbond substituents is 1. The topological polar surface area (TPSA) is 49.3 Å². The number of carbonyl (C=O) groups is 1. The summed E-state index contributed by atoms with van der Waals surface area (Å²) in [6.45, 7) is 1.70. The van der Waals surface area contributed by atoms with Gasteiger partial charge in [0.05, 0.1) is 5.69 Å². The van der Waals surface area contributed by atoms with E-state index in [9.17, 15) is 14.3 Å². The van der Waals surface area contributed by atoms with Gasteiger partial charge in [0.15, 0.2) is 0 Å². The van der Waals surface area contributed by atoms with E-state index in [0.29, 0.717) is 15.6 Å². The minimum absolute atomic E-state index is 0.0844. The maximum Gasteiger partial charge on any atom is 0.256 e. The fourth-order valence-electron chi connectivity index (χ4n) is 1.70. The predicted octanol–water partition coefficient (Wildman–Crippen LogP) is 3.85. The lowest BCUT2D eigenvalue weighted by molar-refractivity contribution is 0.102. The van der Waals surface area contributed by atoms with Gasteiger partial charge in [-0.2, -0.15) is 0 Å². The zero-order valence-corrected chi connectivity index (χ0v) is 11.7. The SMILES string of the molecule is Cc1cc(O)ccc1C(=O)Nc1c(F)cccc1Br. The van der Waals surface area contributed by atoms with Gasteiger partial charge in [-0.15, -0.1) is 0 Å². The molecule has 1 amide bonds. The van der Waals surface area contributed by atoms with Gasteiger partial charge in [0.25, 0.3) is 5.91 Å². The van der Waals surface area contributed by atoms with E-state index in [1.165, 1.54) is 24.3 Å². The molecule has 0 aliphatic carbocycles. The molecule has 0 saturated carbocycles. The Morgan fingerprint density at radius 1 is 1.32 bits per heavy atom. The summed E-state index contributed by atoms with van der Waals surface area (Å²) in [5.74, 6) is -0.858. The molecular formula is C14H11BrFNO2. The molecular weight excluding hydrogens is 313 g/mol. The molecule has 0 fully saturated rings. The van der Waals surface area contributed by atoms with Crippen molar-refractivity contribution in [1.29, 1.82) is 0 Å². The Hall–Kier alpha value is -1.88. The van der Waals surface area contributed by atoms with Crippen LogP contribution < -0.4 is 5.32 Å². The third kappa shape index (κ3) is 2.93. The third-order valence-corrected chi connectivity index (χ3v) is 3.32. The second-order valence-electron chi connectivity index (χ2n) is 4.05. The van der Waals surface area contributed by atoms with Gasteiger partial charge in [0.1, 0.15) is 11.6 Å². The first kappa shape index (κ1) is 13.5. The summed E-state index contributed by atoms with van der Waals surface area (Å²) < 4.78 is 14.1. The van der Waals surface area contributed by atoms with Gasteiger partial charge in [-0.1, -0.05) is 6.07 Å². The van der Waals surface area contributed by atoms with Crippen molar-refractivity contribution in [2.75, 3.05) is 5.32 Å². The van der Waals surface area contributed by atoms with Gasteiger partial charge in [-0.25, -0.2) is 4.39 Å². The number of aromatic hydroxyl groups is 1. The summed E-state index contributed by atoms with van der Waals surface area (Å²) in [6, 6.07) is 8.84. The van der Waals surface area contributed by atoms with Crippen LogP contribution in [0.4, 0.5) is 10.1 Å². The maximum absolute atomic E-state index is 13.6. The summed E-state index contributed by atoms with van der Waals surface area (Å²) in [5.41, 5.74) is 1.10. The number of phenols is 1. The number of nitrogens with one attached hydrogen (secondary N) is 1. The summed E-state index contributed by atoms with van der Waals surface area (Å²) in [7, 11) is 0. The number of hydrogen-bond donors (Lipinski definition) is 2. The smallest absolute Gasteiger partial charge is 0.256 e. The molecule has 2 N–H and O–H groups in total. The van der Waals surface area contributed by atoms with Gasteiger partial charge in [-0.3, -0.25) is 4.79 Å². The Balaban J connectivity index is 2.31. The average Bonchev–Trinajstić information content (AvgIpc) is 2.33. The molecule has 0 atom stereocenters. The zero-order chi connectivity index (χ0) is 14.0. The van der Waals surface area contributed by atoms with Gasteiger partial charge in [0.2, 0.25) is 0 Å². The molecule has 2 rings (SSSR count). The third-order valence-electron chi connectivity index (χ3n) is 2.66. The molecule has 2 aromatic rings. The number of benzene rings is 2. The molecule has 98 valence electrons. The summed E-state index contributed by atoms with van der Waals surface area (Å²) in [6.07, 6.45) is 0. The van der Waals surface area contributed by atoms with Gasteiger partial charge < -0.3 is 10.4 Å². The van der Waals surface area contributed by atoms with E-state index in [-0.39, 0.29) is 11.4 Å². The van der Waals surface area contributed by atoms with E-state index in [2.05, 4.69) is 21.2 Å². The van der Waals surface area contributed by atoms with Crippen LogP contribution in [-0.4, -0.2) is 11.0 Å². The van der Waals surface area contributed by atoms with Crippen molar-refractivity contribution >= 4 is 27.5 Å². The second-order valence-corrected chi connectivity index (χ2v) is 4.90. The van der Waals surface area contributed by atoms with Crippen molar-refractivity contribution in [2.24, 2.45) is 0 Å². The van der Waals surface area contributed by atoms with Crippen molar-refractivity contribution in [1.82, 2.24) is 0 Å². The first-order valence-corrected chi connectivity index (χ1v) is 6.33. The first-order valence-electron chi connectivity index (χ1n) is 5.54. The lowest BCUT2D eigenvalue weighted by Crippen LogP contribution is -2.14. The Bertz CT molecular complexity index is 623. The fourth-order valence-corrected chi connectivity index (χ4v) is 2.14. The number of amides is 1. The van der Waals surface area contributed by atoms with E-state index < -0.39 is 11.7 Å². The van der Waals surface area contributed by atoms with Crippen molar-refractivity contribution in [2.45, 2.75) is 6.92 Å². The number of hydrogen-bond acceptors (Lipinski definition) is 2. The molecule has 0 heterocycles. The molecule has 0 aromatic heterocycles. The maximum atomic E-state index is 13.6. The van der Waals surface area contributed by atoms with Crippen LogP contribution >= 0.6 is 15.9 Å². The van der Waals surface area contributed by atoms with Gasteiger partial charge in [0, 0.05) is 10.0 Å². The molecule has 19 heavy (non-hydrogen) atoms. The van der Waals surface area contributed by atoms with E-state index in [4.69, 9.17) is 0 Å². The second kappa shape index (κ2) is 5.40. The van der Waals surface area contributed by atoms with Crippen LogP contribution in [0.3, 0.4) is 0 Å². The van der Waals surface area contributed by atoms with E-state index in [1.54, 1.807) is 19.1 Å². The van der Waals surface area contributed by atoms with Crippen molar-refractivity contribution < 1.29 is 14.3 Å². The molecule has 0 unspecified atom stereocenters. The molecule has 0 aliphatic heterocycles. The highest BCUT2D eigenvalue weighted by atomic mass is 79.9. The van der Waals surface area contributed by atoms with Crippen molar-refractivity contribution in [3.05, 3.63) is 57.8 Å². The molecule has 3 nitrogen and oxygen atoms in total. The van der Waals surface area contributed by atoms with Crippen LogP contribution in [0, 0.1) is 12.7 Å². The van der Waals surface area contributed by atoms with Crippen LogP contribution in [-0.2, 0) is 0 Å². The normalized spacial score (nSPS) is 10.3. The molecule has 0 spiro atoms. The molecule has 2 aromatic carbocycles. The number of halogens is 2. The Morgan fingerprint density at radius 3 is 2.68 bits per heavy atom. The molecule has 0 saturated heterocycles. The van der Waals surface area contributed by atoms with E-state index in [1.807, 2.05) is 0 Å². The van der Waals surface area contributed by atoms with Crippen LogP contribution in [0.2, 0.25) is 0 Å². The molecule has 0 radical (unpaired) electrons. The molecule has 0 aliphatic rings. The van der Waals surface area contributed by atoms with E-state index >= 15 is 0 Å². The first-order chi connectivity index (χ1) is 8.99. The molecule has 5 heteroatoms. The fraction of sp³-hybridized carbons (Fsp3) is 0.0714. The number of anilines is 1.